The molecule has 2 heterocycles. The van der Waals surface area contributed by atoms with Crippen molar-refractivity contribution in [2.75, 3.05) is 25.5 Å². The topological polar surface area (TPSA) is 50.3 Å². The summed E-state index contributed by atoms with van der Waals surface area (Å²) in [6.45, 7) is 2.43. The fourth-order valence-electron chi connectivity index (χ4n) is 3.19. The average Bonchev–Trinajstić information content (AvgIpc) is 2.71. The highest BCUT2D eigenvalue weighted by Gasteiger charge is 2.06. The zero-order chi connectivity index (χ0) is 19.2. The van der Waals surface area contributed by atoms with E-state index < -0.39 is 0 Å². The minimum absolute atomic E-state index is 0. The maximum Gasteiger partial charge on any atom is 0.227 e. The number of hydrogen-bond donors (Lipinski definition) is 1. The Bertz CT molecular complexity index is 976. The number of likely N-dealkylation sites (N-methyl/N-ethyl adjacent to an activating group) is 1. The number of ether oxygens (including phenoxy) is 1. The first-order chi connectivity index (χ1) is 13.8. The monoisotopic (exact) mass is 408 g/mol. The average molecular weight is 409 g/mol. The third-order valence-electron chi connectivity index (χ3n) is 4.56. The highest BCUT2D eigenvalue weighted by atomic mass is 35.5. The zero-order valence-electron chi connectivity index (χ0n) is 16.4. The smallest absolute Gasteiger partial charge is 0.227 e. The van der Waals surface area contributed by atoms with E-state index >= 15 is 0 Å². The summed E-state index contributed by atoms with van der Waals surface area (Å²) in [6, 6.07) is 18.3. The van der Waals surface area contributed by atoms with E-state index in [1.807, 2.05) is 36.4 Å². The summed E-state index contributed by atoms with van der Waals surface area (Å²) in [5.74, 6) is 1.43. The summed E-state index contributed by atoms with van der Waals surface area (Å²) in [6.07, 6.45) is 7.04. The molecule has 0 saturated heterocycles. The molecule has 0 unspecified atom stereocenters. The first kappa shape index (κ1) is 20.8. The Morgan fingerprint density at radius 3 is 2.86 bits per heavy atom. The standard InChI is InChI=1S/C23H24N4O.ClH/c1-27-13-3-2-4-14-28-21-10-6-8-19(16-21)22-11-12-24-23(26-22)25-20-9-5-7-18(15-20)17-27;/h2-3,5-12,15-16H,4,13-14,17H2,1H3,(H,24,25,26);1H. The van der Waals surface area contributed by atoms with E-state index in [4.69, 9.17) is 4.74 Å². The maximum atomic E-state index is 5.90. The number of anilines is 2. The largest absolute Gasteiger partial charge is 0.493 e. The van der Waals surface area contributed by atoms with Crippen molar-refractivity contribution in [3.05, 3.63) is 78.5 Å². The zero-order valence-corrected chi connectivity index (χ0v) is 17.2. The van der Waals surface area contributed by atoms with Gasteiger partial charge in [0, 0.05) is 30.5 Å². The van der Waals surface area contributed by atoms with Gasteiger partial charge in [0.2, 0.25) is 5.95 Å². The van der Waals surface area contributed by atoms with Gasteiger partial charge in [0.15, 0.2) is 0 Å². The van der Waals surface area contributed by atoms with Crippen LogP contribution in [-0.4, -0.2) is 35.1 Å². The van der Waals surface area contributed by atoms with E-state index in [0.717, 1.165) is 42.2 Å². The Kier molecular flexibility index (Phi) is 7.22. The molecule has 29 heavy (non-hydrogen) atoms. The van der Waals surface area contributed by atoms with Crippen LogP contribution in [0.1, 0.15) is 12.0 Å². The van der Waals surface area contributed by atoms with Crippen LogP contribution in [0.25, 0.3) is 11.3 Å². The van der Waals surface area contributed by atoms with Crippen molar-refractivity contribution in [3.8, 4) is 17.0 Å². The fourth-order valence-corrected chi connectivity index (χ4v) is 3.19. The van der Waals surface area contributed by atoms with Crippen molar-refractivity contribution in [1.29, 1.82) is 0 Å². The number of nitrogens with one attached hydrogen (secondary N) is 1. The summed E-state index contributed by atoms with van der Waals surface area (Å²) in [5.41, 5.74) is 4.10. The van der Waals surface area contributed by atoms with E-state index in [-0.39, 0.29) is 12.4 Å². The molecular weight excluding hydrogens is 384 g/mol. The molecule has 6 heteroatoms. The molecule has 0 fully saturated rings. The third-order valence-corrected chi connectivity index (χ3v) is 4.56. The van der Waals surface area contributed by atoms with Gasteiger partial charge in [-0.3, -0.25) is 4.90 Å². The van der Waals surface area contributed by atoms with Gasteiger partial charge in [0.1, 0.15) is 5.75 Å². The molecule has 0 atom stereocenters. The van der Waals surface area contributed by atoms with Crippen LogP contribution in [0.5, 0.6) is 5.75 Å². The molecule has 0 amide bonds. The van der Waals surface area contributed by atoms with Crippen LogP contribution >= 0.6 is 12.4 Å². The molecule has 0 radical (unpaired) electrons. The van der Waals surface area contributed by atoms with Crippen LogP contribution in [0.3, 0.4) is 0 Å². The lowest BCUT2D eigenvalue weighted by Crippen LogP contribution is -2.17. The molecule has 2 aromatic carbocycles. The SMILES string of the molecule is CN1CC=CCCOc2cccc(c2)-c2ccnc(n2)Nc2cccc(c2)C1.Cl. The van der Waals surface area contributed by atoms with Gasteiger partial charge in [0.25, 0.3) is 0 Å². The van der Waals surface area contributed by atoms with Gasteiger partial charge in [-0.25, -0.2) is 9.97 Å². The number of benzene rings is 2. The summed E-state index contributed by atoms with van der Waals surface area (Å²) in [5, 5.41) is 3.32. The van der Waals surface area contributed by atoms with Crippen molar-refractivity contribution >= 4 is 24.0 Å². The molecule has 6 bridgehead atoms. The predicted octanol–water partition coefficient (Wildman–Crippen LogP) is 5.08. The van der Waals surface area contributed by atoms with E-state index in [1.54, 1.807) is 6.20 Å². The lowest BCUT2D eigenvalue weighted by atomic mass is 10.1. The lowest BCUT2D eigenvalue weighted by molar-refractivity contribution is 0.324. The van der Waals surface area contributed by atoms with Crippen LogP contribution < -0.4 is 10.1 Å². The molecule has 0 aliphatic carbocycles. The number of rotatable bonds is 0. The van der Waals surface area contributed by atoms with Crippen LogP contribution in [0.15, 0.2) is 72.9 Å². The summed E-state index contributed by atoms with van der Waals surface area (Å²) < 4.78 is 5.90. The summed E-state index contributed by atoms with van der Waals surface area (Å²) >= 11 is 0. The number of aromatic nitrogens is 2. The Morgan fingerprint density at radius 1 is 1.03 bits per heavy atom. The highest BCUT2D eigenvalue weighted by Crippen LogP contribution is 2.24. The van der Waals surface area contributed by atoms with Gasteiger partial charge in [-0.15, -0.1) is 12.4 Å². The first-order valence-electron chi connectivity index (χ1n) is 9.52. The molecular formula is C23H25ClN4O. The number of halogens is 1. The molecule has 1 aliphatic heterocycles. The third kappa shape index (κ3) is 5.79. The summed E-state index contributed by atoms with van der Waals surface area (Å²) in [4.78, 5) is 11.3. The fraction of sp³-hybridized carbons (Fsp3) is 0.217. The van der Waals surface area contributed by atoms with Crippen molar-refractivity contribution in [2.24, 2.45) is 0 Å². The maximum absolute atomic E-state index is 5.90. The highest BCUT2D eigenvalue weighted by molar-refractivity contribution is 5.85. The van der Waals surface area contributed by atoms with Crippen LogP contribution in [0, 0.1) is 0 Å². The van der Waals surface area contributed by atoms with Gasteiger partial charge in [-0.2, -0.15) is 0 Å². The van der Waals surface area contributed by atoms with E-state index in [1.165, 1.54) is 5.56 Å². The molecule has 5 nitrogen and oxygen atoms in total. The Balaban J connectivity index is 0.00000240. The summed E-state index contributed by atoms with van der Waals surface area (Å²) in [7, 11) is 2.12. The van der Waals surface area contributed by atoms with Gasteiger partial charge in [0.05, 0.1) is 12.3 Å². The lowest BCUT2D eigenvalue weighted by Gasteiger charge is -2.15. The predicted molar refractivity (Wildman–Crippen MR) is 120 cm³/mol. The quantitative estimate of drug-likeness (QED) is 0.525. The number of nitrogens with zero attached hydrogens (tertiary/aromatic N) is 3. The first-order valence-corrected chi connectivity index (χ1v) is 9.52. The normalized spacial score (nSPS) is 14.5. The minimum Gasteiger partial charge on any atom is -0.493 e. The van der Waals surface area contributed by atoms with Gasteiger partial charge < -0.3 is 10.1 Å². The Labute approximate surface area is 177 Å². The molecule has 0 spiro atoms. The van der Waals surface area contributed by atoms with Crippen molar-refractivity contribution in [1.82, 2.24) is 14.9 Å². The van der Waals surface area contributed by atoms with Gasteiger partial charge in [-0.05, 0) is 49.4 Å². The van der Waals surface area contributed by atoms with Crippen molar-refractivity contribution < 1.29 is 4.74 Å². The van der Waals surface area contributed by atoms with Crippen LogP contribution in [-0.2, 0) is 6.54 Å². The number of hydrogen-bond acceptors (Lipinski definition) is 5. The second-order valence-electron chi connectivity index (χ2n) is 6.92. The second kappa shape index (κ2) is 10.0. The molecule has 3 aromatic rings. The van der Waals surface area contributed by atoms with Crippen LogP contribution in [0.4, 0.5) is 11.6 Å². The van der Waals surface area contributed by atoms with Gasteiger partial charge >= 0.3 is 0 Å². The Morgan fingerprint density at radius 2 is 1.93 bits per heavy atom. The van der Waals surface area contributed by atoms with E-state index in [0.29, 0.717) is 12.6 Å². The molecule has 1 N–H and O–H groups in total. The van der Waals surface area contributed by atoms with Crippen LogP contribution in [0.2, 0.25) is 0 Å². The second-order valence-corrected chi connectivity index (χ2v) is 6.92. The van der Waals surface area contributed by atoms with Crippen molar-refractivity contribution in [3.63, 3.8) is 0 Å². The molecule has 1 aromatic heterocycles. The molecule has 4 rings (SSSR count). The van der Waals surface area contributed by atoms with E-state index in [2.05, 4.69) is 57.6 Å². The molecule has 0 saturated carbocycles. The number of fused-ring (bicyclic) bond motifs is 7. The minimum atomic E-state index is 0. The van der Waals surface area contributed by atoms with E-state index in [9.17, 15) is 0 Å². The molecule has 1 aliphatic rings. The molecule has 150 valence electrons. The van der Waals surface area contributed by atoms with Gasteiger partial charge in [-0.1, -0.05) is 36.4 Å². The van der Waals surface area contributed by atoms with Crippen molar-refractivity contribution in [2.45, 2.75) is 13.0 Å². The Hall–Kier alpha value is -2.89.